The molecule has 122 valence electrons. The molecule has 1 amide bonds. The zero-order valence-electron chi connectivity index (χ0n) is 13.3. The second-order valence-electron chi connectivity index (χ2n) is 5.48. The van der Waals surface area contributed by atoms with Gasteiger partial charge in [-0.2, -0.15) is 0 Å². The highest BCUT2D eigenvalue weighted by molar-refractivity contribution is 7.99. The van der Waals surface area contributed by atoms with E-state index >= 15 is 0 Å². The number of rotatable bonds is 7. The SMILES string of the molecule is C[NH+](C)CCCNC(=O)c1cccnc1Sc1ccc(Cl)cc1. The zero-order chi connectivity index (χ0) is 16.7. The molecule has 0 saturated carbocycles. The summed E-state index contributed by atoms with van der Waals surface area (Å²) < 4.78 is 0. The lowest BCUT2D eigenvalue weighted by Crippen LogP contribution is -3.05. The van der Waals surface area contributed by atoms with Crippen molar-refractivity contribution in [1.29, 1.82) is 0 Å². The molecule has 0 unspecified atom stereocenters. The molecule has 2 N–H and O–H groups in total. The van der Waals surface area contributed by atoms with E-state index in [1.807, 2.05) is 24.3 Å². The Bertz CT molecular complexity index is 647. The predicted octanol–water partition coefficient (Wildman–Crippen LogP) is 2.15. The average molecular weight is 351 g/mol. The summed E-state index contributed by atoms with van der Waals surface area (Å²) in [5.74, 6) is -0.0803. The number of amides is 1. The van der Waals surface area contributed by atoms with Crippen molar-refractivity contribution in [3.8, 4) is 0 Å². The van der Waals surface area contributed by atoms with Gasteiger partial charge in [0, 0.05) is 29.1 Å². The third-order valence-corrected chi connectivity index (χ3v) is 4.46. The number of halogens is 1. The van der Waals surface area contributed by atoms with Crippen molar-refractivity contribution in [2.75, 3.05) is 27.2 Å². The molecule has 2 rings (SSSR count). The maximum atomic E-state index is 12.4. The molecule has 0 atom stereocenters. The molecule has 0 saturated heterocycles. The van der Waals surface area contributed by atoms with Gasteiger partial charge in [-0.05, 0) is 36.4 Å². The summed E-state index contributed by atoms with van der Waals surface area (Å²) in [6.07, 6.45) is 2.65. The first-order valence-corrected chi connectivity index (χ1v) is 8.71. The van der Waals surface area contributed by atoms with Crippen LogP contribution >= 0.6 is 23.4 Å². The molecule has 4 nitrogen and oxygen atoms in total. The van der Waals surface area contributed by atoms with E-state index in [0.29, 0.717) is 22.2 Å². The molecule has 0 spiro atoms. The minimum absolute atomic E-state index is 0.0803. The van der Waals surface area contributed by atoms with Crippen LogP contribution in [0.5, 0.6) is 0 Å². The highest BCUT2D eigenvalue weighted by Crippen LogP contribution is 2.29. The molecule has 0 radical (unpaired) electrons. The van der Waals surface area contributed by atoms with Gasteiger partial charge in [0.25, 0.3) is 5.91 Å². The van der Waals surface area contributed by atoms with E-state index in [-0.39, 0.29) is 5.91 Å². The fraction of sp³-hybridized carbons (Fsp3) is 0.294. The van der Waals surface area contributed by atoms with E-state index in [1.165, 1.54) is 16.7 Å². The van der Waals surface area contributed by atoms with Crippen LogP contribution in [0.1, 0.15) is 16.8 Å². The van der Waals surface area contributed by atoms with Crippen LogP contribution in [0.25, 0.3) is 0 Å². The Morgan fingerprint density at radius 2 is 2.00 bits per heavy atom. The summed E-state index contributed by atoms with van der Waals surface area (Å²) in [5.41, 5.74) is 0.602. The molecule has 0 fully saturated rings. The highest BCUT2D eigenvalue weighted by atomic mass is 35.5. The van der Waals surface area contributed by atoms with E-state index in [2.05, 4.69) is 24.4 Å². The van der Waals surface area contributed by atoms with Gasteiger partial charge < -0.3 is 10.2 Å². The number of hydrogen-bond acceptors (Lipinski definition) is 3. The van der Waals surface area contributed by atoms with E-state index in [4.69, 9.17) is 11.6 Å². The van der Waals surface area contributed by atoms with Crippen molar-refractivity contribution >= 4 is 29.3 Å². The number of hydrogen-bond donors (Lipinski definition) is 2. The number of aromatic nitrogens is 1. The lowest BCUT2D eigenvalue weighted by Gasteiger charge is -2.10. The second kappa shape index (κ2) is 8.91. The maximum absolute atomic E-state index is 12.4. The fourth-order valence-electron chi connectivity index (χ4n) is 2.00. The summed E-state index contributed by atoms with van der Waals surface area (Å²) in [5, 5.41) is 4.35. The van der Waals surface area contributed by atoms with Crippen molar-refractivity contribution in [3.63, 3.8) is 0 Å². The van der Waals surface area contributed by atoms with Crippen molar-refractivity contribution in [1.82, 2.24) is 10.3 Å². The van der Waals surface area contributed by atoms with Crippen LogP contribution in [0.15, 0.2) is 52.5 Å². The van der Waals surface area contributed by atoms with Crippen LogP contribution in [0.3, 0.4) is 0 Å². The quantitative estimate of drug-likeness (QED) is 0.752. The van der Waals surface area contributed by atoms with Crippen molar-refractivity contribution in [3.05, 3.63) is 53.2 Å². The summed E-state index contributed by atoms with van der Waals surface area (Å²) in [7, 11) is 4.20. The normalized spacial score (nSPS) is 10.8. The van der Waals surface area contributed by atoms with Crippen LogP contribution in [-0.4, -0.2) is 38.1 Å². The third-order valence-electron chi connectivity index (χ3n) is 3.18. The molecule has 0 aliphatic rings. The number of benzene rings is 1. The van der Waals surface area contributed by atoms with Crippen LogP contribution in [0.4, 0.5) is 0 Å². The smallest absolute Gasteiger partial charge is 0.254 e. The Hall–Kier alpha value is -1.56. The molecule has 1 aromatic heterocycles. The molecular formula is C17H21ClN3OS+. The van der Waals surface area contributed by atoms with Gasteiger partial charge in [0.2, 0.25) is 0 Å². The first kappa shape index (κ1) is 17.8. The Balaban J connectivity index is 2.01. The second-order valence-corrected chi connectivity index (χ2v) is 6.98. The Labute approximate surface area is 146 Å². The van der Waals surface area contributed by atoms with Crippen LogP contribution in [0.2, 0.25) is 5.02 Å². The largest absolute Gasteiger partial charge is 0.352 e. The van der Waals surface area contributed by atoms with Gasteiger partial charge in [-0.1, -0.05) is 23.4 Å². The molecule has 6 heteroatoms. The molecular weight excluding hydrogens is 330 g/mol. The summed E-state index contributed by atoms with van der Waals surface area (Å²) in [6, 6.07) is 11.1. The number of carbonyl (C=O) groups excluding carboxylic acids is 1. The van der Waals surface area contributed by atoms with Crippen LogP contribution < -0.4 is 10.2 Å². The number of pyridine rings is 1. The minimum Gasteiger partial charge on any atom is -0.352 e. The summed E-state index contributed by atoms with van der Waals surface area (Å²) in [4.78, 5) is 19.1. The van der Waals surface area contributed by atoms with Gasteiger partial charge in [0.05, 0.1) is 26.2 Å². The minimum atomic E-state index is -0.0803. The Morgan fingerprint density at radius 3 is 2.70 bits per heavy atom. The fourth-order valence-corrected chi connectivity index (χ4v) is 3.00. The molecule has 23 heavy (non-hydrogen) atoms. The Kier molecular flexibility index (Phi) is 6.89. The molecule has 0 aliphatic heterocycles. The first-order chi connectivity index (χ1) is 11.1. The van der Waals surface area contributed by atoms with E-state index in [0.717, 1.165) is 17.9 Å². The first-order valence-electron chi connectivity index (χ1n) is 7.52. The summed E-state index contributed by atoms with van der Waals surface area (Å²) in [6.45, 7) is 1.70. The van der Waals surface area contributed by atoms with Crippen molar-refractivity contribution < 1.29 is 9.69 Å². The lowest BCUT2D eigenvalue weighted by molar-refractivity contribution is -0.858. The van der Waals surface area contributed by atoms with Crippen LogP contribution in [-0.2, 0) is 0 Å². The molecule has 1 heterocycles. The highest BCUT2D eigenvalue weighted by Gasteiger charge is 2.13. The van der Waals surface area contributed by atoms with Gasteiger partial charge in [-0.25, -0.2) is 4.98 Å². The molecule has 0 bridgehead atoms. The topological polar surface area (TPSA) is 46.4 Å². The lowest BCUT2D eigenvalue weighted by atomic mass is 10.2. The standard InChI is InChI=1S/C17H20ClN3OS/c1-21(2)12-4-11-19-16(22)15-5-3-10-20-17(15)23-14-8-6-13(18)7-9-14/h3,5-10H,4,11-12H2,1-2H3,(H,19,22)/p+1. The van der Waals surface area contributed by atoms with Gasteiger partial charge in [-0.15, -0.1) is 0 Å². The zero-order valence-corrected chi connectivity index (χ0v) is 14.9. The predicted molar refractivity (Wildman–Crippen MR) is 94.4 cm³/mol. The van der Waals surface area contributed by atoms with E-state index in [1.54, 1.807) is 18.3 Å². The number of nitrogens with one attached hydrogen (secondary N) is 2. The van der Waals surface area contributed by atoms with Gasteiger partial charge >= 0.3 is 0 Å². The molecule has 1 aromatic carbocycles. The number of quaternary nitrogens is 1. The van der Waals surface area contributed by atoms with Gasteiger partial charge in [0.15, 0.2) is 0 Å². The number of nitrogens with zero attached hydrogens (tertiary/aromatic N) is 1. The molecule has 0 aliphatic carbocycles. The van der Waals surface area contributed by atoms with Crippen molar-refractivity contribution in [2.45, 2.75) is 16.3 Å². The van der Waals surface area contributed by atoms with Gasteiger partial charge in [0.1, 0.15) is 5.03 Å². The van der Waals surface area contributed by atoms with Crippen LogP contribution in [0, 0.1) is 0 Å². The van der Waals surface area contributed by atoms with Gasteiger partial charge in [-0.3, -0.25) is 4.79 Å². The summed E-state index contributed by atoms with van der Waals surface area (Å²) >= 11 is 7.36. The molecule has 2 aromatic rings. The van der Waals surface area contributed by atoms with E-state index in [9.17, 15) is 4.79 Å². The Morgan fingerprint density at radius 1 is 1.26 bits per heavy atom. The third kappa shape index (κ3) is 5.86. The average Bonchev–Trinajstić information content (AvgIpc) is 2.54. The number of carbonyl (C=O) groups is 1. The van der Waals surface area contributed by atoms with E-state index < -0.39 is 0 Å². The monoisotopic (exact) mass is 350 g/mol. The van der Waals surface area contributed by atoms with Crippen molar-refractivity contribution in [2.24, 2.45) is 0 Å². The maximum Gasteiger partial charge on any atom is 0.254 e.